The highest BCUT2D eigenvalue weighted by atomic mass is 16.5. The smallest absolute Gasteiger partial charge is 0.309 e. The van der Waals surface area contributed by atoms with E-state index in [1.165, 1.54) is 25.7 Å². The molecule has 0 aromatic heterocycles. The van der Waals surface area contributed by atoms with E-state index in [0.717, 1.165) is 25.8 Å². The summed E-state index contributed by atoms with van der Waals surface area (Å²) in [5.74, 6) is 0.149. The van der Waals surface area contributed by atoms with Crippen LogP contribution in [0, 0.1) is 5.92 Å². The zero-order chi connectivity index (χ0) is 12.5. The Morgan fingerprint density at radius 2 is 2.06 bits per heavy atom. The number of esters is 1. The van der Waals surface area contributed by atoms with Crippen molar-refractivity contribution in [3.05, 3.63) is 0 Å². The van der Waals surface area contributed by atoms with Gasteiger partial charge >= 0.3 is 5.97 Å². The monoisotopic (exact) mass is 241 g/mol. The maximum Gasteiger partial charge on any atom is 0.309 e. The SMILES string of the molecule is CCCCCCCOC(=O)C1CCNC(C)C1. The van der Waals surface area contributed by atoms with Gasteiger partial charge in [0, 0.05) is 6.04 Å². The Bertz CT molecular complexity index is 218. The van der Waals surface area contributed by atoms with E-state index in [4.69, 9.17) is 4.74 Å². The third-order valence-electron chi connectivity index (χ3n) is 3.45. The van der Waals surface area contributed by atoms with Gasteiger partial charge in [-0.1, -0.05) is 32.6 Å². The zero-order valence-electron chi connectivity index (χ0n) is 11.3. The van der Waals surface area contributed by atoms with Gasteiger partial charge < -0.3 is 10.1 Å². The molecule has 0 amide bonds. The van der Waals surface area contributed by atoms with Gasteiger partial charge in [0.05, 0.1) is 12.5 Å². The molecule has 1 N–H and O–H groups in total. The number of hydrogen-bond donors (Lipinski definition) is 1. The minimum Gasteiger partial charge on any atom is -0.465 e. The number of rotatable bonds is 7. The summed E-state index contributed by atoms with van der Waals surface area (Å²) in [5, 5.41) is 3.35. The van der Waals surface area contributed by atoms with Crippen molar-refractivity contribution in [1.29, 1.82) is 0 Å². The Kier molecular flexibility index (Phi) is 7.25. The highest BCUT2D eigenvalue weighted by molar-refractivity contribution is 5.72. The Labute approximate surface area is 105 Å². The second kappa shape index (κ2) is 8.51. The molecule has 2 unspecified atom stereocenters. The van der Waals surface area contributed by atoms with Gasteiger partial charge in [0.25, 0.3) is 0 Å². The molecule has 100 valence electrons. The second-order valence-electron chi connectivity index (χ2n) is 5.16. The van der Waals surface area contributed by atoms with Gasteiger partial charge in [-0.15, -0.1) is 0 Å². The first kappa shape index (κ1) is 14.5. The molecule has 3 nitrogen and oxygen atoms in total. The molecule has 1 aliphatic rings. The van der Waals surface area contributed by atoms with E-state index in [0.29, 0.717) is 12.6 Å². The zero-order valence-corrected chi connectivity index (χ0v) is 11.3. The summed E-state index contributed by atoms with van der Waals surface area (Å²) in [7, 11) is 0. The molecule has 0 bridgehead atoms. The summed E-state index contributed by atoms with van der Waals surface area (Å²) in [6.07, 6.45) is 7.87. The van der Waals surface area contributed by atoms with Gasteiger partial charge in [-0.25, -0.2) is 0 Å². The minimum absolute atomic E-state index is 0.0221. The van der Waals surface area contributed by atoms with E-state index < -0.39 is 0 Å². The summed E-state index contributed by atoms with van der Waals surface area (Å²) < 4.78 is 5.34. The van der Waals surface area contributed by atoms with Crippen LogP contribution in [0.2, 0.25) is 0 Å². The molecule has 2 atom stereocenters. The molecule has 0 radical (unpaired) electrons. The Morgan fingerprint density at radius 3 is 2.76 bits per heavy atom. The van der Waals surface area contributed by atoms with Gasteiger partial charge in [-0.05, 0) is 32.7 Å². The van der Waals surface area contributed by atoms with Crippen LogP contribution in [-0.2, 0) is 9.53 Å². The van der Waals surface area contributed by atoms with Crippen molar-refractivity contribution in [2.24, 2.45) is 5.92 Å². The average Bonchev–Trinajstić information content (AvgIpc) is 2.33. The van der Waals surface area contributed by atoms with E-state index in [9.17, 15) is 4.79 Å². The van der Waals surface area contributed by atoms with Crippen LogP contribution in [-0.4, -0.2) is 25.2 Å². The van der Waals surface area contributed by atoms with Gasteiger partial charge in [0.15, 0.2) is 0 Å². The lowest BCUT2D eigenvalue weighted by molar-refractivity contribution is -0.149. The van der Waals surface area contributed by atoms with Crippen LogP contribution < -0.4 is 5.32 Å². The fourth-order valence-electron chi connectivity index (χ4n) is 2.34. The van der Waals surface area contributed by atoms with Crippen LogP contribution in [0.4, 0.5) is 0 Å². The predicted molar refractivity (Wildman–Crippen MR) is 69.9 cm³/mol. The van der Waals surface area contributed by atoms with Crippen molar-refractivity contribution in [3.63, 3.8) is 0 Å². The fraction of sp³-hybridized carbons (Fsp3) is 0.929. The molecule has 0 aromatic carbocycles. The second-order valence-corrected chi connectivity index (χ2v) is 5.16. The fourth-order valence-corrected chi connectivity index (χ4v) is 2.34. The van der Waals surface area contributed by atoms with E-state index in [2.05, 4.69) is 19.2 Å². The van der Waals surface area contributed by atoms with Crippen molar-refractivity contribution >= 4 is 5.97 Å². The molecule has 1 rings (SSSR count). The number of carbonyl (C=O) groups is 1. The Hall–Kier alpha value is -0.570. The molecule has 0 saturated carbocycles. The molecule has 1 saturated heterocycles. The van der Waals surface area contributed by atoms with Crippen molar-refractivity contribution in [3.8, 4) is 0 Å². The first-order chi connectivity index (χ1) is 8.24. The van der Waals surface area contributed by atoms with E-state index in [1.807, 2.05) is 0 Å². The number of carbonyl (C=O) groups excluding carboxylic acids is 1. The quantitative estimate of drug-likeness (QED) is 0.550. The molecule has 1 heterocycles. The van der Waals surface area contributed by atoms with Crippen LogP contribution in [0.1, 0.15) is 58.8 Å². The minimum atomic E-state index is 0.0221. The van der Waals surface area contributed by atoms with E-state index in [1.54, 1.807) is 0 Å². The number of nitrogens with one attached hydrogen (secondary N) is 1. The lowest BCUT2D eigenvalue weighted by Gasteiger charge is -2.26. The van der Waals surface area contributed by atoms with E-state index >= 15 is 0 Å². The number of unbranched alkanes of at least 4 members (excludes halogenated alkanes) is 4. The van der Waals surface area contributed by atoms with Crippen LogP contribution >= 0.6 is 0 Å². The maximum absolute atomic E-state index is 11.8. The van der Waals surface area contributed by atoms with Crippen molar-refractivity contribution in [1.82, 2.24) is 5.32 Å². The third kappa shape index (κ3) is 6.06. The topological polar surface area (TPSA) is 38.3 Å². The Balaban J connectivity index is 2.04. The molecule has 0 spiro atoms. The molecule has 0 aliphatic carbocycles. The number of ether oxygens (including phenoxy) is 1. The lowest BCUT2D eigenvalue weighted by Crippen LogP contribution is -2.39. The van der Waals surface area contributed by atoms with Crippen LogP contribution in [0.3, 0.4) is 0 Å². The van der Waals surface area contributed by atoms with Gasteiger partial charge in [-0.2, -0.15) is 0 Å². The van der Waals surface area contributed by atoms with Crippen LogP contribution in [0.25, 0.3) is 0 Å². The highest BCUT2D eigenvalue weighted by Crippen LogP contribution is 2.17. The molecule has 17 heavy (non-hydrogen) atoms. The van der Waals surface area contributed by atoms with Crippen molar-refractivity contribution in [2.45, 2.75) is 64.8 Å². The van der Waals surface area contributed by atoms with E-state index in [-0.39, 0.29) is 11.9 Å². The summed E-state index contributed by atoms with van der Waals surface area (Å²) in [4.78, 5) is 11.8. The molecule has 1 aliphatic heterocycles. The maximum atomic E-state index is 11.8. The summed E-state index contributed by atoms with van der Waals surface area (Å²) in [6, 6.07) is 0.450. The van der Waals surface area contributed by atoms with Gasteiger partial charge in [-0.3, -0.25) is 4.79 Å². The summed E-state index contributed by atoms with van der Waals surface area (Å²) >= 11 is 0. The first-order valence-corrected chi connectivity index (χ1v) is 7.14. The summed E-state index contributed by atoms with van der Waals surface area (Å²) in [6.45, 7) is 5.89. The normalized spacial score (nSPS) is 24.6. The highest BCUT2D eigenvalue weighted by Gasteiger charge is 2.25. The Morgan fingerprint density at radius 1 is 1.29 bits per heavy atom. The third-order valence-corrected chi connectivity index (χ3v) is 3.45. The molecule has 3 heteroatoms. The lowest BCUT2D eigenvalue weighted by atomic mass is 9.93. The molecular weight excluding hydrogens is 214 g/mol. The van der Waals surface area contributed by atoms with Crippen LogP contribution in [0.5, 0.6) is 0 Å². The summed E-state index contributed by atoms with van der Waals surface area (Å²) in [5.41, 5.74) is 0. The first-order valence-electron chi connectivity index (χ1n) is 7.14. The molecular formula is C14H27NO2. The van der Waals surface area contributed by atoms with Crippen LogP contribution in [0.15, 0.2) is 0 Å². The number of hydrogen-bond acceptors (Lipinski definition) is 3. The van der Waals surface area contributed by atoms with Crippen molar-refractivity contribution < 1.29 is 9.53 Å². The predicted octanol–water partition coefficient (Wildman–Crippen LogP) is 2.89. The largest absolute Gasteiger partial charge is 0.465 e. The number of piperidine rings is 1. The standard InChI is InChI=1S/C14H27NO2/c1-3-4-5-6-7-10-17-14(16)13-8-9-15-12(2)11-13/h12-13,15H,3-11H2,1-2H3. The van der Waals surface area contributed by atoms with Gasteiger partial charge in [0.1, 0.15) is 0 Å². The average molecular weight is 241 g/mol. The van der Waals surface area contributed by atoms with Gasteiger partial charge in [0.2, 0.25) is 0 Å². The molecule has 1 fully saturated rings. The molecule has 0 aromatic rings. The van der Waals surface area contributed by atoms with Crippen molar-refractivity contribution in [2.75, 3.05) is 13.2 Å².